The van der Waals surface area contributed by atoms with Gasteiger partial charge in [-0.15, -0.1) is 0 Å². The van der Waals surface area contributed by atoms with Crippen molar-refractivity contribution in [3.05, 3.63) is 58.1 Å². The Morgan fingerprint density at radius 1 is 0.737 bits per heavy atom. The van der Waals surface area contributed by atoms with E-state index in [0.717, 1.165) is 35.5 Å². The quantitative estimate of drug-likeness (QED) is 0.140. The summed E-state index contributed by atoms with van der Waals surface area (Å²) < 4.78 is 106. The molecule has 0 bridgehead atoms. The Morgan fingerprint density at radius 2 is 1.21 bits per heavy atom. The highest BCUT2D eigenvalue weighted by Gasteiger charge is 2.59. The molecule has 4 heterocycles. The van der Waals surface area contributed by atoms with Gasteiger partial charge in [0.05, 0.1) is 60.1 Å². The largest absolute Gasteiger partial charge is 0.478 e. The van der Waals surface area contributed by atoms with Gasteiger partial charge in [-0.1, -0.05) is 12.8 Å². The first-order chi connectivity index (χ1) is 27.0. The van der Waals surface area contributed by atoms with Gasteiger partial charge < -0.3 is 24.4 Å². The maximum atomic E-state index is 14.2. The second-order valence-electron chi connectivity index (χ2n) is 15.7. The summed E-state index contributed by atoms with van der Waals surface area (Å²) in [4.78, 5) is 31.4. The van der Waals surface area contributed by atoms with E-state index in [9.17, 15) is 35.5 Å². The predicted molar refractivity (Wildman–Crippen MR) is 203 cm³/mol. The van der Waals surface area contributed by atoms with Crippen molar-refractivity contribution in [2.24, 2.45) is 22.7 Å². The highest BCUT2D eigenvalue weighted by Crippen LogP contribution is 2.54. The number of aromatic carboxylic acids is 1. The number of nitrogens with zero attached hydrogens (tertiary/aromatic N) is 6. The van der Waals surface area contributed by atoms with Crippen LogP contribution in [0.15, 0.2) is 43.0 Å². The zero-order valence-corrected chi connectivity index (χ0v) is 33.5. The molecule has 57 heavy (non-hydrogen) atoms. The van der Waals surface area contributed by atoms with Crippen LogP contribution in [0.5, 0.6) is 11.8 Å². The second kappa shape index (κ2) is 18.3. The lowest BCUT2D eigenvalue weighted by molar-refractivity contribution is -0.257. The number of carboxylic acids is 1. The van der Waals surface area contributed by atoms with E-state index in [2.05, 4.69) is 42.5 Å². The lowest BCUT2D eigenvalue weighted by Gasteiger charge is -2.47. The van der Waals surface area contributed by atoms with Crippen LogP contribution in [0.25, 0.3) is 11.3 Å². The van der Waals surface area contributed by atoms with E-state index in [1.165, 1.54) is 24.5 Å². The summed E-state index contributed by atoms with van der Waals surface area (Å²) in [5.74, 6) is -0.571. The van der Waals surface area contributed by atoms with Crippen molar-refractivity contribution < 1.29 is 50.1 Å². The Balaban J connectivity index is 0.000000203. The fourth-order valence-electron chi connectivity index (χ4n) is 7.92. The summed E-state index contributed by atoms with van der Waals surface area (Å²) in [6.45, 7) is 3.83. The molecule has 0 atom stereocenters. The smallest absolute Gasteiger partial charge is 0.395 e. The number of halogens is 8. The lowest BCUT2D eigenvalue weighted by Crippen LogP contribution is -2.53. The average Bonchev–Trinajstić information content (AvgIpc) is 3.14. The minimum Gasteiger partial charge on any atom is -0.478 e. The fraction of sp³-hybridized carbons (Fsp3) is 0.615. The SMILES string of the molecule is FC(F)(F)C1(CN2CCC(COc3cnc(I)cn3)CC2)CCC1.O=C(O)c1ccc(-c2cnc(OCC3CCN(CC4(C(F)(F)F)CCC4)CC3)cn2)c(F)c1. The summed E-state index contributed by atoms with van der Waals surface area (Å²) in [7, 11) is 0. The molecule has 1 N–H and O–H groups in total. The zero-order chi connectivity index (χ0) is 40.8. The minimum atomic E-state index is -4.14. The highest BCUT2D eigenvalue weighted by molar-refractivity contribution is 14.1. The number of alkyl halides is 6. The zero-order valence-electron chi connectivity index (χ0n) is 31.3. The Hall–Kier alpha value is -3.39. The molecule has 0 amide bonds. The maximum absolute atomic E-state index is 14.2. The number of aromatic nitrogens is 4. The van der Waals surface area contributed by atoms with Crippen LogP contribution in [0.1, 0.15) is 74.6 Å². The monoisotopic (exact) mass is 922 g/mol. The Kier molecular flexibility index (Phi) is 13.8. The van der Waals surface area contributed by atoms with Gasteiger partial charge in [0.2, 0.25) is 11.8 Å². The molecule has 4 fully saturated rings. The number of likely N-dealkylation sites (tertiary alicyclic amines) is 2. The second-order valence-corrected chi connectivity index (χ2v) is 16.8. The predicted octanol–water partition coefficient (Wildman–Crippen LogP) is 8.71. The van der Waals surface area contributed by atoms with Crippen molar-refractivity contribution in [3.63, 3.8) is 0 Å². The number of piperidine rings is 2. The Labute approximate surface area is 340 Å². The molecule has 3 aromatic rings. The third kappa shape index (κ3) is 10.8. The van der Waals surface area contributed by atoms with Crippen LogP contribution in [0.3, 0.4) is 0 Å². The van der Waals surface area contributed by atoms with Crippen LogP contribution in [0, 0.1) is 32.2 Å². The van der Waals surface area contributed by atoms with E-state index >= 15 is 0 Å². The first kappa shape index (κ1) is 43.2. The van der Waals surface area contributed by atoms with Crippen molar-refractivity contribution in [1.29, 1.82) is 0 Å². The molecule has 2 aliphatic carbocycles. The van der Waals surface area contributed by atoms with Gasteiger partial charge in [-0.2, -0.15) is 26.3 Å². The van der Waals surface area contributed by atoms with E-state index in [0.29, 0.717) is 64.0 Å². The molecule has 312 valence electrons. The molecule has 0 radical (unpaired) electrons. The first-order valence-electron chi connectivity index (χ1n) is 19.2. The van der Waals surface area contributed by atoms with Gasteiger partial charge in [0.25, 0.3) is 0 Å². The molecule has 7 rings (SSSR count). The summed E-state index contributed by atoms with van der Waals surface area (Å²) in [5.41, 5.74) is -2.75. The van der Waals surface area contributed by atoms with Crippen LogP contribution in [-0.4, -0.2) is 106 Å². The molecule has 18 heteroatoms. The van der Waals surface area contributed by atoms with E-state index in [4.69, 9.17) is 14.6 Å². The third-order valence-corrected chi connectivity index (χ3v) is 12.5. The van der Waals surface area contributed by atoms with Crippen LogP contribution < -0.4 is 9.47 Å². The van der Waals surface area contributed by atoms with Gasteiger partial charge in [0, 0.05) is 18.7 Å². The number of rotatable bonds is 12. The normalized spacial score (nSPS) is 20.4. The topological polar surface area (TPSA) is 114 Å². The number of ether oxygens (including phenoxy) is 2. The molecule has 0 spiro atoms. The van der Waals surface area contributed by atoms with Crippen LogP contribution in [0.2, 0.25) is 0 Å². The summed E-state index contributed by atoms with van der Waals surface area (Å²) in [6.07, 6.45) is 3.34. The van der Waals surface area contributed by atoms with Gasteiger partial charge in [-0.05, 0) is 130 Å². The third-order valence-electron chi connectivity index (χ3n) is 11.9. The molecule has 2 saturated heterocycles. The van der Waals surface area contributed by atoms with Crippen molar-refractivity contribution in [3.8, 4) is 23.0 Å². The molecule has 4 aliphatic rings. The minimum absolute atomic E-state index is 0.0843. The summed E-state index contributed by atoms with van der Waals surface area (Å²) in [5, 5.41) is 8.93. The number of hydrogen-bond acceptors (Lipinski definition) is 9. The van der Waals surface area contributed by atoms with Crippen molar-refractivity contribution in [2.45, 2.75) is 76.6 Å². The molecule has 2 aromatic heterocycles. The van der Waals surface area contributed by atoms with E-state index in [1.54, 1.807) is 12.4 Å². The van der Waals surface area contributed by atoms with Crippen LogP contribution >= 0.6 is 22.6 Å². The van der Waals surface area contributed by atoms with Gasteiger partial charge >= 0.3 is 18.3 Å². The molecule has 2 aliphatic heterocycles. The summed E-state index contributed by atoms with van der Waals surface area (Å²) >= 11 is 2.08. The number of carboxylic acid groups (broad SMARTS) is 1. The standard InChI is InChI=1S/C23H25F4N3O3.C16H21F3IN3O/c24-18-10-16(21(31)32)2-3-17(18)19-11-29-20(12-28-19)33-13-15-4-8-30(9-5-15)14-22(6-1-7-22)23(25,26)27;17-16(18,19)15(4-1-5-15)11-23-6-2-12(3-7-23)10-24-14-9-21-13(20)8-22-14/h2-3,10-12,15H,1,4-9,13-14H2,(H,31,32);8-9,12H,1-7,10-11H2. The molecule has 1 aromatic carbocycles. The van der Waals surface area contributed by atoms with Crippen molar-refractivity contribution in [1.82, 2.24) is 29.7 Å². The molecular weight excluding hydrogens is 876 g/mol. The molecule has 0 unspecified atom stereocenters. The lowest BCUT2D eigenvalue weighted by atomic mass is 9.67. The fourth-order valence-corrected chi connectivity index (χ4v) is 8.19. The van der Waals surface area contributed by atoms with Gasteiger partial charge in [0.15, 0.2) is 0 Å². The summed E-state index contributed by atoms with van der Waals surface area (Å²) in [6, 6.07) is 3.56. The number of benzene rings is 1. The van der Waals surface area contributed by atoms with Crippen molar-refractivity contribution in [2.75, 3.05) is 52.5 Å². The molecule has 2 saturated carbocycles. The van der Waals surface area contributed by atoms with E-state index in [-0.39, 0.29) is 67.4 Å². The van der Waals surface area contributed by atoms with Crippen LogP contribution in [-0.2, 0) is 0 Å². The first-order valence-corrected chi connectivity index (χ1v) is 20.3. The van der Waals surface area contributed by atoms with E-state index in [1.807, 2.05) is 9.80 Å². The van der Waals surface area contributed by atoms with Crippen LogP contribution in [0.4, 0.5) is 30.7 Å². The Morgan fingerprint density at radius 3 is 1.56 bits per heavy atom. The number of carbonyl (C=O) groups is 1. The van der Waals surface area contributed by atoms with Gasteiger partial charge in [0.1, 0.15) is 9.52 Å². The van der Waals surface area contributed by atoms with Crippen molar-refractivity contribution >= 4 is 28.6 Å². The maximum Gasteiger partial charge on any atom is 0.395 e. The average molecular weight is 923 g/mol. The molecule has 10 nitrogen and oxygen atoms in total. The molecular formula is C39H46F7IN6O4. The highest BCUT2D eigenvalue weighted by atomic mass is 127. The number of hydrogen-bond donors (Lipinski definition) is 1. The van der Waals surface area contributed by atoms with Gasteiger partial charge in [-0.25, -0.2) is 29.1 Å². The van der Waals surface area contributed by atoms with Gasteiger partial charge in [-0.3, -0.25) is 0 Å². The van der Waals surface area contributed by atoms with E-state index < -0.39 is 35.0 Å². The Bertz CT molecular complexity index is 1780.